The van der Waals surface area contributed by atoms with Crippen LogP contribution in [-0.2, 0) is 0 Å². The average Bonchev–Trinajstić information content (AvgIpc) is 2.23. The quantitative estimate of drug-likeness (QED) is 0.431. The SMILES string of the molecule is CC/C=C(\CC(C)CCC)C(CC(C)(C)C)C(C)(C)C. The van der Waals surface area contributed by atoms with Gasteiger partial charge in [0.2, 0.25) is 0 Å². The molecule has 0 amide bonds. The van der Waals surface area contributed by atoms with Gasteiger partial charge in [-0.05, 0) is 41.9 Å². The standard InChI is InChI=1S/C20H40/c1-10-12-16(3)14-17(13-11-2)18(20(7,8)9)15-19(4,5)6/h13,16,18H,10-12,14-15H2,1-9H3/b17-13+. The Morgan fingerprint density at radius 1 is 1.00 bits per heavy atom. The van der Waals surface area contributed by atoms with E-state index in [-0.39, 0.29) is 0 Å². The summed E-state index contributed by atoms with van der Waals surface area (Å²) in [6.07, 6.45) is 8.94. The molecule has 0 saturated carbocycles. The van der Waals surface area contributed by atoms with Gasteiger partial charge >= 0.3 is 0 Å². The van der Waals surface area contributed by atoms with Gasteiger partial charge in [0.15, 0.2) is 0 Å². The van der Waals surface area contributed by atoms with Crippen LogP contribution in [0.5, 0.6) is 0 Å². The predicted octanol–water partition coefficient (Wildman–Crippen LogP) is 7.25. The van der Waals surface area contributed by atoms with Crippen molar-refractivity contribution in [3.8, 4) is 0 Å². The maximum Gasteiger partial charge on any atom is -0.0149 e. The lowest BCUT2D eigenvalue weighted by atomic mass is 9.67. The van der Waals surface area contributed by atoms with Crippen LogP contribution >= 0.6 is 0 Å². The number of rotatable bonds is 7. The van der Waals surface area contributed by atoms with Gasteiger partial charge in [-0.2, -0.15) is 0 Å². The molecule has 0 heterocycles. The van der Waals surface area contributed by atoms with Gasteiger partial charge in [0.1, 0.15) is 0 Å². The molecular weight excluding hydrogens is 240 g/mol. The van der Waals surface area contributed by atoms with E-state index in [2.05, 4.69) is 68.4 Å². The highest BCUT2D eigenvalue weighted by Gasteiger charge is 2.31. The van der Waals surface area contributed by atoms with Crippen LogP contribution < -0.4 is 0 Å². The molecule has 2 unspecified atom stereocenters. The van der Waals surface area contributed by atoms with Crippen LogP contribution in [0.25, 0.3) is 0 Å². The first kappa shape index (κ1) is 19.7. The highest BCUT2D eigenvalue weighted by Crippen LogP contribution is 2.42. The predicted molar refractivity (Wildman–Crippen MR) is 94.1 cm³/mol. The summed E-state index contributed by atoms with van der Waals surface area (Å²) in [6, 6.07) is 0. The Morgan fingerprint density at radius 2 is 1.55 bits per heavy atom. The zero-order chi connectivity index (χ0) is 16.0. The highest BCUT2D eigenvalue weighted by molar-refractivity contribution is 5.11. The van der Waals surface area contributed by atoms with E-state index in [9.17, 15) is 0 Å². The second-order valence-electron chi connectivity index (χ2n) is 8.97. The molecule has 2 atom stereocenters. The Kier molecular flexibility index (Phi) is 8.14. The van der Waals surface area contributed by atoms with Crippen LogP contribution in [0.4, 0.5) is 0 Å². The Morgan fingerprint density at radius 3 is 1.90 bits per heavy atom. The van der Waals surface area contributed by atoms with Crippen molar-refractivity contribution >= 4 is 0 Å². The minimum absolute atomic E-state index is 0.361. The van der Waals surface area contributed by atoms with E-state index in [0.29, 0.717) is 16.7 Å². The largest absolute Gasteiger partial charge is 0.0853 e. The summed E-state index contributed by atoms with van der Waals surface area (Å²) in [7, 11) is 0. The Hall–Kier alpha value is -0.260. The lowest BCUT2D eigenvalue weighted by Gasteiger charge is -2.38. The minimum Gasteiger partial charge on any atom is -0.0853 e. The first-order valence-corrected chi connectivity index (χ1v) is 8.70. The van der Waals surface area contributed by atoms with Gasteiger partial charge in [0.05, 0.1) is 0 Å². The second-order valence-corrected chi connectivity index (χ2v) is 8.97. The Balaban J connectivity index is 5.19. The Labute approximate surface area is 129 Å². The third-order valence-electron chi connectivity index (χ3n) is 4.14. The molecule has 0 aromatic carbocycles. The first-order chi connectivity index (χ1) is 9.01. The summed E-state index contributed by atoms with van der Waals surface area (Å²) < 4.78 is 0. The molecule has 0 N–H and O–H groups in total. The molecule has 120 valence electrons. The normalized spacial score (nSPS) is 17.1. The smallest absolute Gasteiger partial charge is 0.0149 e. The fraction of sp³-hybridized carbons (Fsp3) is 0.900. The molecule has 20 heavy (non-hydrogen) atoms. The van der Waals surface area contributed by atoms with Crippen molar-refractivity contribution in [1.29, 1.82) is 0 Å². The fourth-order valence-electron chi connectivity index (χ4n) is 3.23. The van der Waals surface area contributed by atoms with Gasteiger partial charge in [0.25, 0.3) is 0 Å². The van der Waals surface area contributed by atoms with E-state index in [1.165, 1.54) is 32.1 Å². The van der Waals surface area contributed by atoms with E-state index in [4.69, 9.17) is 0 Å². The van der Waals surface area contributed by atoms with Crippen LogP contribution in [0.15, 0.2) is 11.6 Å². The van der Waals surface area contributed by atoms with Crippen LogP contribution in [0, 0.1) is 22.7 Å². The van der Waals surface area contributed by atoms with E-state index in [0.717, 1.165) is 5.92 Å². The molecule has 0 saturated heterocycles. The van der Waals surface area contributed by atoms with Gasteiger partial charge in [0, 0.05) is 0 Å². The van der Waals surface area contributed by atoms with Gasteiger partial charge in [-0.25, -0.2) is 0 Å². The molecule has 0 aromatic rings. The van der Waals surface area contributed by atoms with Crippen LogP contribution in [0.2, 0.25) is 0 Å². The summed E-state index contributed by atoms with van der Waals surface area (Å²) >= 11 is 0. The molecule has 0 fully saturated rings. The molecule has 0 aliphatic heterocycles. The fourth-order valence-corrected chi connectivity index (χ4v) is 3.23. The molecule has 0 aromatic heterocycles. The third-order valence-corrected chi connectivity index (χ3v) is 4.14. The van der Waals surface area contributed by atoms with Gasteiger partial charge < -0.3 is 0 Å². The van der Waals surface area contributed by atoms with Crippen molar-refractivity contribution in [2.75, 3.05) is 0 Å². The van der Waals surface area contributed by atoms with Crippen LogP contribution in [0.3, 0.4) is 0 Å². The maximum atomic E-state index is 2.52. The van der Waals surface area contributed by atoms with Crippen molar-refractivity contribution in [1.82, 2.24) is 0 Å². The topological polar surface area (TPSA) is 0 Å². The third kappa shape index (κ3) is 8.12. The first-order valence-electron chi connectivity index (χ1n) is 8.70. The highest BCUT2D eigenvalue weighted by atomic mass is 14.4. The van der Waals surface area contributed by atoms with Crippen LogP contribution in [-0.4, -0.2) is 0 Å². The number of hydrogen-bond donors (Lipinski definition) is 0. The Bertz CT molecular complexity index is 282. The van der Waals surface area contributed by atoms with Crippen molar-refractivity contribution in [3.63, 3.8) is 0 Å². The summed E-state index contributed by atoms with van der Waals surface area (Å²) in [5.41, 5.74) is 2.48. The summed E-state index contributed by atoms with van der Waals surface area (Å²) in [5, 5.41) is 0. The van der Waals surface area contributed by atoms with E-state index in [1.54, 1.807) is 5.57 Å². The lowest BCUT2D eigenvalue weighted by Crippen LogP contribution is -2.28. The minimum atomic E-state index is 0.361. The molecule has 0 aliphatic rings. The number of allylic oxidation sites excluding steroid dienone is 2. The zero-order valence-electron chi connectivity index (χ0n) is 15.8. The van der Waals surface area contributed by atoms with Crippen molar-refractivity contribution in [2.45, 2.75) is 94.4 Å². The molecular formula is C20H40. The molecule has 0 heteroatoms. The average molecular weight is 281 g/mol. The van der Waals surface area contributed by atoms with Gasteiger partial charge in [-0.1, -0.05) is 86.8 Å². The molecule has 0 radical (unpaired) electrons. The summed E-state index contributed by atoms with van der Waals surface area (Å²) in [4.78, 5) is 0. The molecule has 0 spiro atoms. The van der Waals surface area contributed by atoms with Gasteiger partial charge in [-0.15, -0.1) is 0 Å². The number of hydrogen-bond acceptors (Lipinski definition) is 0. The molecule has 0 rings (SSSR count). The summed E-state index contributed by atoms with van der Waals surface area (Å²) in [5.74, 6) is 1.53. The molecule has 0 aliphatic carbocycles. The zero-order valence-corrected chi connectivity index (χ0v) is 15.8. The molecule has 0 bridgehead atoms. The van der Waals surface area contributed by atoms with Crippen molar-refractivity contribution in [2.24, 2.45) is 22.7 Å². The van der Waals surface area contributed by atoms with Crippen LogP contribution in [0.1, 0.15) is 94.4 Å². The monoisotopic (exact) mass is 280 g/mol. The lowest BCUT2D eigenvalue weighted by molar-refractivity contribution is 0.189. The van der Waals surface area contributed by atoms with Crippen molar-refractivity contribution in [3.05, 3.63) is 11.6 Å². The van der Waals surface area contributed by atoms with E-state index < -0.39 is 0 Å². The summed E-state index contributed by atoms with van der Waals surface area (Å²) in [6.45, 7) is 21.4. The van der Waals surface area contributed by atoms with Crippen molar-refractivity contribution < 1.29 is 0 Å². The second kappa shape index (κ2) is 8.25. The van der Waals surface area contributed by atoms with E-state index in [1.807, 2.05) is 0 Å². The van der Waals surface area contributed by atoms with E-state index >= 15 is 0 Å². The molecule has 0 nitrogen and oxygen atoms in total. The maximum absolute atomic E-state index is 2.52. The van der Waals surface area contributed by atoms with Gasteiger partial charge in [-0.3, -0.25) is 0 Å².